The number of benzene rings is 2. The summed E-state index contributed by atoms with van der Waals surface area (Å²) in [5, 5.41) is 2.70. The molecule has 4 nitrogen and oxygen atoms in total. The molecule has 0 aliphatic carbocycles. The van der Waals surface area contributed by atoms with Gasteiger partial charge in [0.25, 0.3) is 0 Å². The molecule has 0 radical (unpaired) electrons. The van der Waals surface area contributed by atoms with E-state index < -0.39 is 6.03 Å². The molecule has 2 amide bonds. The molecule has 0 fully saturated rings. The Bertz CT molecular complexity index is 549. The Morgan fingerprint density at radius 1 is 1.06 bits per heavy atom. The number of aryl methyl sites for hydroxylation is 1. The third kappa shape index (κ3) is 2.67. The van der Waals surface area contributed by atoms with Gasteiger partial charge in [0.2, 0.25) is 0 Å². The molecule has 2 aromatic carbocycles. The number of nitrogens with one attached hydrogen (secondary N) is 2. The smallest absolute Gasteiger partial charge is 0.306 e. The van der Waals surface area contributed by atoms with Crippen LogP contribution in [0.15, 0.2) is 48.5 Å². The van der Waals surface area contributed by atoms with Crippen molar-refractivity contribution in [3.05, 3.63) is 54.1 Å². The summed E-state index contributed by atoms with van der Waals surface area (Å²) in [6.45, 7) is 2.04. The molecule has 0 unspecified atom stereocenters. The van der Waals surface area contributed by atoms with Crippen molar-refractivity contribution < 1.29 is 4.79 Å². The highest BCUT2D eigenvalue weighted by molar-refractivity contribution is 5.94. The van der Waals surface area contributed by atoms with E-state index in [9.17, 15) is 4.79 Å². The van der Waals surface area contributed by atoms with Gasteiger partial charge >= 0.3 is 6.03 Å². The summed E-state index contributed by atoms with van der Waals surface area (Å²) in [6.07, 6.45) is 0. The first-order valence-electron chi connectivity index (χ1n) is 5.64. The average molecular weight is 241 g/mol. The lowest BCUT2D eigenvalue weighted by Gasteiger charge is -2.10. The summed E-state index contributed by atoms with van der Waals surface area (Å²) in [4.78, 5) is 11.3. The maximum Gasteiger partial charge on any atom is 0.333 e. The Morgan fingerprint density at radius 2 is 1.72 bits per heavy atom. The minimum atomic E-state index is -0.436. The van der Waals surface area contributed by atoms with E-state index in [-0.39, 0.29) is 0 Å². The number of para-hydroxylation sites is 1. The first kappa shape index (κ1) is 12.1. The highest BCUT2D eigenvalue weighted by atomic mass is 16.2. The van der Waals surface area contributed by atoms with Crippen LogP contribution in [-0.4, -0.2) is 6.03 Å². The highest BCUT2D eigenvalue weighted by Gasteiger charge is 2.06. The normalized spacial score (nSPS) is 9.89. The van der Waals surface area contributed by atoms with Crippen molar-refractivity contribution in [2.24, 2.45) is 5.84 Å². The summed E-state index contributed by atoms with van der Waals surface area (Å²) in [6, 6.07) is 15.3. The van der Waals surface area contributed by atoms with Gasteiger partial charge in [-0.2, -0.15) is 0 Å². The molecule has 0 heterocycles. The van der Waals surface area contributed by atoms with Gasteiger partial charge in [-0.05, 0) is 18.6 Å². The number of hydrogen-bond donors (Lipinski definition) is 3. The van der Waals surface area contributed by atoms with Crippen LogP contribution < -0.4 is 16.6 Å². The van der Waals surface area contributed by atoms with Crippen molar-refractivity contribution in [1.82, 2.24) is 5.43 Å². The number of hydrazine groups is 1. The first-order chi connectivity index (χ1) is 8.70. The maximum atomic E-state index is 11.3. The average Bonchev–Trinajstić information content (AvgIpc) is 2.40. The van der Waals surface area contributed by atoms with Crippen LogP contribution in [0.25, 0.3) is 11.1 Å². The third-order valence-corrected chi connectivity index (χ3v) is 2.67. The van der Waals surface area contributed by atoms with Crippen LogP contribution in [0, 0.1) is 6.92 Å². The molecule has 2 aromatic rings. The minimum Gasteiger partial charge on any atom is -0.306 e. The summed E-state index contributed by atoms with van der Waals surface area (Å²) < 4.78 is 0. The molecule has 92 valence electrons. The minimum absolute atomic E-state index is 0.436. The zero-order valence-corrected chi connectivity index (χ0v) is 10.1. The Balaban J connectivity index is 2.38. The van der Waals surface area contributed by atoms with Gasteiger partial charge in [0, 0.05) is 5.56 Å². The predicted molar refractivity (Wildman–Crippen MR) is 73.0 cm³/mol. The fourth-order valence-corrected chi connectivity index (χ4v) is 1.74. The second kappa shape index (κ2) is 5.33. The zero-order valence-electron chi connectivity index (χ0n) is 10.1. The molecule has 4 N–H and O–H groups in total. The number of carbonyl (C=O) groups is 1. The number of rotatable bonds is 2. The lowest BCUT2D eigenvalue weighted by Crippen LogP contribution is -2.34. The lowest BCUT2D eigenvalue weighted by molar-refractivity contribution is 0.252. The van der Waals surface area contributed by atoms with Crippen LogP contribution in [-0.2, 0) is 0 Å². The van der Waals surface area contributed by atoms with Crippen LogP contribution in [0.2, 0.25) is 0 Å². The quantitative estimate of drug-likeness (QED) is 0.430. The molecular weight excluding hydrogens is 226 g/mol. The van der Waals surface area contributed by atoms with E-state index in [0.29, 0.717) is 0 Å². The standard InChI is InChI=1S/C14H15N3O/c1-10-6-8-11(9-7-10)12-4-2-3-5-13(12)16-14(18)17-15/h2-9H,15H2,1H3,(H2,16,17,18). The van der Waals surface area contributed by atoms with Gasteiger partial charge in [0.1, 0.15) is 0 Å². The van der Waals surface area contributed by atoms with Crippen molar-refractivity contribution in [2.45, 2.75) is 6.92 Å². The molecular formula is C14H15N3O. The second-order valence-corrected chi connectivity index (χ2v) is 4.01. The number of carbonyl (C=O) groups excluding carboxylic acids is 1. The largest absolute Gasteiger partial charge is 0.333 e. The predicted octanol–water partition coefficient (Wildman–Crippen LogP) is 2.66. The number of anilines is 1. The molecule has 0 aliphatic heterocycles. The zero-order chi connectivity index (χ0) is 13.0. The van der Waals surface area contributed by atoms with Crippen molar-refractivity contribution >= 4 is 11.7 Å². The summed E-state index contributed by atoms with van der Waals surface area (Å²) in [7, 11) is 0. The topological polar surface area (TPSA) is 67.2 Å². The monoisotopic (exact) mass is 241 g/mol. The lowest BCUT2D eigenvalue weighted by atomic mass is 10.0. The summed E-state index contributed by atoms with van der Waals surface area (Å²) in [5.41, 5.74) is 5.98. The van der Waals surface area contributed by atoms with Crippen molar-refractivity contribution in [3.8, 4) is 11.1 Å². The Labute approximate surface area is 106 Å². The SMILES string of the molecule is Cc1ccc(-c2ccccc2NC(=O)NN)cc1. The van der Waals surface area contributed by atoms with E-state index >= 15 is 0 Å². The van der Waals surface area contributed by atoms with E-state index in [4.69, 9.17) is 5.84 Å². The fraction of sp³-hybridized carbons (Fsp3) is 0.0714. The van der Waals surface area contributed by atoms with Gasteiger partial charge in [-0.3, -0.25) is 5.43 Å². The Hall–Kier alpha value is -2.33. The van der Waals surface area contributed by atoms with Crippen LogP contribution in [0.1, 0.15) is 5.56 Å². The van der Waals surface area contributed by atoms with Gasteiger partial charge in [0.05, 0.1) is 5.69 Å². The molecule has 0 atom stereocenters. The molecule has 0 bridgehead atoms. The van der Waals surface area contributed by atoms with Crippen molar-refractivity contribution in [1.29, 1.82) is 0 Å². The maximum absolute atomic E-state index is 11.3. The van der Waals surface area contributed by atoms with E-state index in [1.54, 1.807) is 0 Å². The third-order valence-electron chi connectivity index (χ3n) is 2.67. The number of hydrogen-bond acceptors (Lipinski definition) is 2. The summed E-state index contributed by atoms with van der Waals surface area (Å²) in [5.74, 6) is 5.07. The van der Waals surface area contributed by atoms with Gasteiger partial charge in [-0.25, -0.2) is 10.6 Å². The van der Waals surface area contributed by atoms with Crippen LogP contribution in [0.5, 0.6) is 0 Å². The first-order valence-corrected chi connectivity index (χ1v) is 5.64. The van der Waals surface area contributed by atoms with E-state index in [0.717, 1.165) is 16.8 Å². The Morgan fingerprint density at radius 3 is 2.39 bits per heavy atom. The van der Waals surface area contributed by atoms with E-state index in [2.05, 4.69) is 10.7 Å². The van der Waals surface area contributed by atoms with Gasteiger partial charge < -0.3 is 5.32 Å². The van der Waals surface area contributed by atoms with Crippen LogP contribution >= 0.6 is 0 Å². The summed E-state index contributed by atoms with van der Waals surface area (Å²) >= 11 is 0. The van der Waals surface area contributed by atoms with Crippen molar-refractivity contribution in [2.75, 3.05) is 5.32 Å². The van der Waals surface area contributed by atoms with Crippen LogP contribution in [0.3, 0.4) is 0 Å². The van der Waals surface area contributed by atoms with Crippen LogP contribution in [0.4, 0.5) is 10.5 Å². The number of nitrogens with two attached hydrogens (primary N) is 1. The highest BCUT2D eigenvalue weighted by Crippen LogP contribution is 2.27. The molecule has 2 rings (SSSR count). The molecule has 0 spiro atoms. The number of urea groups is 1. The van der Waals surface area contributed by atoms with Crippen molar-refractivity contribution in [3.63, 3.8) is 0 Å². The molecule has 0 aromatic heterocycles. The molecule has 18 heavy (non-hydrogen) atoms. The molecule has 0 saturated heterocycles. The Kier molecular flexibility index (Phi) is 3.60. The van der Waals surface area contributed by atoms with E-state index in [1.807, 2.05) is 55.5 Å². The van der Waals surface area contributed by atoms with E-state index in [1.165, 1.54) is 5.56 Å². The second-order valence-electron chi connectivity index (χ2n) is 4.01. The number of amides is 2. The molecule has 0 aliphatic rings. The molecule has 0 saturated carbocycles. The van der Waals surface area contributed by atoms with Gasteiger partial charge in [-0.15, -0.1) is 0 Å². The molecule has 4 heteroatoms. The fourth-order valence-electron chi connectivity index (χ4n) is 1.74. The van der Waals surface area contributed by atoms with Gasteiger partial charge in [0.15, 0.2) is 0 Å². The van der Waals surface area contributed by atoms with Gasteiger partial charge in [-0.1, -0.05) is 48.0 Å².